The first-order chi connectivity index (χ1) is 14.5. The summed E-state index contributed by atoms with van der Waals surface area (Å²) in [6.45, 7) is 2.53. The largest absolute Gasteiger partial charge is 0.298 e. The van der Waals surface area contributed by atoms with Crippen LogP contribution in [-0.4, -0.2) is 32.1 Å². The van der Waals surface area contributed by atoms with Crippen molar-refractivity contribution in [1.82, 2.24) is 4.31 Å². The van der Waals surface area contributed by atoms with Crippen molar-refractivity contribution >= 4 is 22.4 Å². The van der Waals surface area contributed by atoms with Gasteiger partial charge in [0, 0.05) is 24.6 Å². The number of aldehydes is 1. The number of rotatable bonds is 5. The molecule has 0 radical (unpaired) electrons. The van der Waals surface area contributed by atoms with Crippen molar-refractivity contribution in [2.75, 3.05) is 13.1 Å². The van der Waals surface area contributed by atoms with Gasteiger partial charge in [0.1, 0.15) is 6.29 Å². The highest BCUT2D eigenvalue weighted by atomic mass is 32.2. The molecule has 1 aliphatic rings. The maximum atomic E-state index is 13.3. The molecule has 1 atom stereocenters. The van der Waals surface area contributed by atoms with Crippen molar-refractivity contribution in [1.29, 1.82) is 0 Å². The maximum Gasteiger partial charge on any atom is 0.243 e. The van der Waals surface area contributed by atoms with Gasteiger partial charge in [-0.2, -0.15) is 4.31 Å². The van der Waals surface area contributed by atoms with Crippen LogP contribution in [0.5, 0.6) is 0 Å². The molecule has 5 heteroatoms. The molecule has 4 rings (SSSR count). The molecule has 3 aromatic rings. The monoisotopic (exact) mass is 417 g/mol. The van der Waals surface area contributed by atoms with Gasteiger partial charge in [-0.15, -0.1) is 0 Å². The molecule has 1 aliphatic heterocycles. The Bertz CT molecular complexity index is 1180. The number of carbonyl (C=O) groups excluding carboxylic acids is 1. The van der Waals surface area contributed by atoms with Crippen LogP contribution in [0, 0.1) is 6.92 Å². The lowest BCUT2D eigenvalue weighted by molar-refractivity contribution is 0.112. The third-order valence-electron chi connectivity index (χ3n) is 5.50. The molecule has 30 heavy (non-hydrogen) atoms. The van der Waals surface area contributed by atoms with Gasteiger partial charge < -0.3 is 0 Å². The Labute approximate surface area is 177 Å². The Hall–Kier alpha value is -3.02. The molecule has 0 aromatic heterocycles. The summed E-state index contributed by atoms with van der Waals surface area (Å²) >= 11 is 0. The number of nitrogens with zero attached hydrogens (tertiary/aromatic N) is 1. The van der Waals surface area contributed by atoms with E-state index in [0.717, 1.165) is 28.5 Å². The van der Waals surface area contributed by atoms with Crippen LogP contribution in [0.3, 0.4) is 0 Å². The highest BCUT2D eigenvalue weighted by Crippen LogP contribution is 2.37. The minimum absolute atomic E-state index is 0.174. The van der Waals surface area contributed by atoms with Crippen LogP contribution in [-0.2, 0) is 10.0 Å². The van der Waals surface area contributed by atoms with Crippen molar-refractivity contribution in [2.45, 2.75) is 17.7 Å². The molecule has 1 heterocycles. The fourth-order valence-corrected chi connectivity index (χ4v) is 5.33. The van der Waals surface area contributed by atoms with Crippen LogP contribution >= 0.6 is 0 Å². The van der Waals surface area contributed by atoms with E-state index in [1.807, 2.05) is 73.7 Å². The van der Waals surface area contributed by atoms with E-state index in [1.54, 1.807) is 18.2 Å². The summed E-state index contributed by atoms with van der Waals surface area (Å²) < 4.78 is 28.1. The second kappa shape index (κ2) is 8.38. The molecule has 1 unspecified atom stereocenters. The SMILES string of the molecule is Cc1ccc(S(=O)(=O)N2C/C(=C\c3ccccc3)C(c3ccccc3C=O)C2)cc1. The average Bonchev–Trinajstić information content (AvgIpc) is 3.19. The standard InChI is InChI=1S/C25H23NO3S/c1-19-11-13-23(14-12-19)30(28,29)26-16-22(15-20-7-3-2-4-8-20)25(17-26)24-10-6-5-9-21(24)18-27/h2-15,18,25H,16-17H2,1H3/b22-15+. The molecule has 0 amide bonds. The molecule has 4 nitrogen and oxygen atoms in total. The lowest BCUT2D eigenvalue weighted by Crippen LogP contribution is -2.28. The number of sulfonamides is 1. The average molecular weight is 418 g/mol. The zero-order chi connectivity index (χ0) is 21.1. The fourth-order valence-electron chi connectivity index (χ4n) is 3.88. The van der Waals surface area contributed by atoms with Crippen LogP contribution in [0.25, 0.3) is 6.08 Å². The Morgan fingerprint density at radius 2 is 1.57 bits per heavy atom. The van der Waals surface area contributed by atoms with E-state index in [-0.39, 0.29) is 10.8 Å². The topological polar surface area (TPSA) is 54.5 Å². The summed E-state index contributed by atoms with van der Waals surface area (Å²) in [7, 11) is -3.64. The summed E-state index contributed by atoms with van der Waals surface area (Å²) in [6.07, 6.45) is 2.88. The van der Waals surface area contributed by atoms with E-state index in [0.29, 0.717) is 18.7 Å². The highest BCUT2D eigenvalue weighted by molar-refractivity contribution is 7.89. The van der Waals surface area contributed by atoms with E-state index < -0.39 is 10.0 Å². The fraction of sp³-hybridized carbons (Fsp3) is 0.160. The van der Waals surface area contributed by atoms with Gasteiger partial charge in [-0.3, -0.25) is 4.79 Å². The minimum atomic E-state index is -3.64. The molecule has 0 N–H and O–H groups in total. The van der Waals surface area contributed by atoms with E-state index in [1.165, 1.54) is 4.31 Å². The van der Waals surface area contributed by atoms with E-state index >= 15 is 0 Å². The van der Waals surface area contributed by atoms with Crippen LogP contribution in [0.4, 0.5) is 0 Å². The van der Waals surface area contributed by atoms with Gasteiger partial charge in [0.25, 0.3) is 0 Å². The summed E-state index contributed by atoms with van der Waals surface area (Å²) in [5, 5.41) is 0. The van der Waals surface area contributed by atoms with Crippen LogP contribution < -0.4 is 0 Å². The predicted octanol–water partition coefficient (Wildman–Crippen LogP) is 4.68. The van der Waals surface area contributed by atoms with Gasteiger partial charge in [-0.1, -0.05) is 78.4 Å². The molecular weight excluding hydrogens is 394 g/mol. The summed E-state index contributed by atoms with van der Waals surface area (Å²) in [4.78, 5) is 11.9. The maximum absolute atomic E-state index is 13.3. The molecule has 0 bridgehead atoms. The zero-order valence-electron chi connectivity index (χ0n) is 16.7. The lowest BCUT2D eigenvalue weighted by Gasteiger charge is -2.17. The predicted molar refractivity (Wildman–Crippen MR) is 119 cm³/mol. The minimum Gasteiger partial charge on any atom is -0.298 e. The number of benzene rings is 3. The molecular formula is C25H23NO3S. The van der Waals surface area contributed by atoms with E-state index in [9.17, 15) is 13.2 Å². The Kier molecular flexibility index (Phi) is 5.66. The molecule has 0 saturated carbocycles. The first-order valence-electron chi connectivity index (χ1n) is 9.85. The Morgan fingerprint density at radius 1 is 0.900 bits per heavy atom. The smallest absolute Gasteiger partial charge is 0.243 e. The number of carbonyl (C=O) groups is 1. The van der Waals surface area contributed by atoms with E-state index in [4.69, 9.17) is 0 Å². The summed E-state index contributed by atoms with van der Waals surface area (Å²) in [5.74, 6) is -0.174. The normalized spacial score (nSPS) is 18.6. The van der Waals surface area contributed by atoms with Gasteiger partial charge in [-0.25, -0.2) is 8.42 Å². The molecule has 1 saturated heterocycles. The lowest BCUT2D eigenvalue weighted by atomic mass is 9.89. The van der Waals surface area contributed by atoms with Crippen molar-refractivity contribution < 1.29 is 13.2 Å². The second-order valence-corrected chi connectivity index (χ2v) is 9.48. The number of hydrogen-bond donors (Lipinski definition) is 0. The van der Waals surface area contributed by atoms with Crippen molar-refractivity contribution in [3.63, 3.8) is 0 Å². The first kappa shape index (κ1) is 20.3. The Morgan fingerprint density at radius 3 is 2.27 bits per heavy atom. The molecule has 1 fully saturated rings. The summed E-state index contributed by atoms with van der Waals surface area (Å²) in [6, 6.07) is 24.2. The van der Waals surface area contributed by atoms with Crippen molar-refractivity contribution in [2.24, 2.45) is 0 Å². The van der Waals surface area contributed by atoms with Crippen LogP contribution in [0.15, 0.2) is 89.3 Å². The third-order valence-corrected chi connectivity index (χ3v) is 7.33. The van der Waals surface area contributed by atoms with Gasteiger partial charge >= 0.3 is 0 Å². The molecule has 0 spiro atoms. The highest BCUT2D eigenvalue weighted by Gasteiger charge is 2.37. The number of aryl methyl sites for hydroxylation is 1. The van der Waals surface area contributed by atoms with Gasteiger partial charge in [0.2, 0.25) is 10.0 Å². The van der Waals surface area contributed by atoms with Crippen molar-refractivity contribution in [3.8, 4) is 0 Å². The van der Waals surface area contributed by atoms with Crippen LogP contribution in [0.1, 0.15) is 33.0 Å². The quantitative estimate of drug-likeness (QED) is 0.567. The van der Waals surface area contributed by atoms with Gasteiger partial charge in [0.05, 0.1) is 4.90 Å². The second-order valence-electron chi connectivity index (χ2n) is 7.54. The molecule has 3 aromatic carbocycles. The first-order valence-corrected chi connectivity index (χ1v) is 11.3. The summed E-state index contributed by atoms with van der Waals surface area (Å²) in [5.41, 5.74) is 4.45. The van der Waals surface area contributed by atoms with Gasteiger partial charge in [-0.05, 0) is 35.8 Å². The number of hydrogen-bond acceptors (Lipinski definition) is 3. The molecule has 152 valence electrons. The van der Waals surface area contributed by atoms with E-state index in [2.05, 4.69) is 0 Å². The van der Waals surface area contributed by atoms with Crippen LogP contribution in [0.2, 0.25) is 0 Å². The molecule has 0 aliphatic carbocycles. The Balaban J connectivity index is 1.77. The van der Waals surface area contributed by atoms with Gasteiger partial charge in [0.15, 0.2) is 0 Å². The van der Waals surface area contributed by atoms with Crippen molar-refractivity contribution in [3.05, 3.63) is 107 Å². The zero-order valence-corrected chi connectivity index (χ0v) is 17.5. The third kappa shape index (κ3) is 3.99.